The second kappa shape index (κ2) is 9.03. The summed E-state index contributed by atoms with van der Waals surface area (Å²) in [5, 5.41) is 3.29. The molecule has 1 heterocycles. The van der Waals surface area contributed by atoms with Crippen molar-refractivity contribution in [2.24, 2.45) is 0 Å². The van der Waals surface area contributed by atoms with E-state index in [-0.39, 0.29) is 35.5 Å². The summed E-state index contributed by atoms with van der Waals surface area (Å²) >= 11 is 0. The van der Waals surface area contributed by atoms with Crippen LogP contribution in [0.1, 0.15) is 31.4 Å². The Kier molecular flexibility index (Phi) is 6.45. The minimum atomic E-state index is -0.295. The third kappa shape index (κ3) is 4.48. The molecule has 3 rings (SSSR count). The topological polar surface area (TPSA) is 77.8 Å². The second-order valence-electron chi connectivity index (χ2n) is 7.44. The van der Waals surface area contributed by atoms with Crippen molar-refractivity contribution in [1.29, 1.82) is 0 Å². The minimum Gasteiger partial charge on any atom is -0.497 e. The molecule has 0 saturated heterocycles. The predicted octanol–water partition coefficient (Wildman–Crippen LogP) is 4.38. The number of ether oxygens (including phenoxy) is 2. The molecule has 0 bridgehead atoms. The van der Waals surface area contributed by atoms with E-state index < -0.39 is 0 Å². The Balaban J connectivity index is 2.10. The molecule has 1 unspecified atom stereocenters. The number of methoxy groups -OCH3 is 1. The zero-order valence-electron chi connectivity index (χ0n) is 18.0. The molecule has 3 aromatic rings. The first-order chi connectivity index (χ1) is 14.3. The lowest BCUT2D eigenvalue weighted by Crippen LogP contribution is -2.36. The number of carbonyl (C=O) groups excluding carboxylic acids is 1. The van der Waals surface area contributed by atoms with Crippen LogP contribution in [0.3, 0.4) is 0 Å². The predicted molar refractivity (Wildman–Crippen MR) is 117 cm³/mol. The highest BCUT2D eigenvalue weighted by Crippen LogP contribution is 2.33. The van der Waals surface area contributed by atoms with Crippen molar-refractivity contribution < 1.29 is 18.7 Å². The van der Waals surface area contributed by atoms with Crippen LogP contribution >= 0.6 is 0 Å². The molecule has 30 heavy (non-hydrogen) atoms. The minimum absolute atomic E-state index is 0.0268. The number of fused-ring (bicyclic) bond motifs is 1. The summed E-state index contributed by atoms with van der Waals surface area (Å²) in [6.45, 7) is 7.43. The molecule has 1 N–H and O–H groups in total. The van der Waals surface area contributed by atoms with Gasteiger partial charge in [0.2, 0.25) is 11.2 Å². The molecule has 1 atom stereocenters. The normalized spacial score (nSPS) is 11.9. The molecule has 0 saturated carbocycles. The number of amides is 1. The van der Waals surface area contributed by atoms with Crippen molar-refractivity contribution in [1.82, 2.24) is 5.32 Å². The van der Waals surface area contributed by atoms with E-state index in [1.165, 1.54) is 0 Å². The van der Waals surface area contributed by atoms with Crippen molar-refractivity contribution in [3.8, 4) is 22.8 Å². The molecule has 1 amide bonds. The van der Waals surface area contributed by atoms with E-state index in [2.05, 4.69) is 5.32 Å². The first-order valence-electron chi connectivity index (χ1n) is 9.98. The highest BCUT2D eigenvalue weighted by molar-refractivity contribution is 5.86. The molecular weight excluding hydrogens is 382 g/mol. The Bertz CT molecular complexity index is 1120. The molecule has 0 radical (unpaired) electrons. The quantitative estimate of drug-likeness (QED) is 0.627. The van der Waals surface area contributed by atoms with E-state index in [0.29, 0.717) is 22.3 Å². The number of carbonyl (C=O) groups is 1. The second-order valence-corrected chi connectivity index (χ2v) is 7.44. The van der Waals surface area contributed by atoms with E-state index in [9.17, 15) is 9.59 Å². The van der Waals surface area contributed by atoms with Crippen molar-refractivity contribution in [2.75, 3.05) is 13.7 Å². The molecule has 0 aliphatic heterocycles. The highest BCUT2D eigenvalue weighted by Gasteiger charge is 2.20. The summed E-state index contributed by atoms with van der Waals surface area (Å²) < 4.78 is 17.1. The Hall–Kier alpha value is -3.28. The van der Waals surface area contributed by atoms with Gasteiger partial charge in [0.05, 0.1) is 12.5 Å². The third-order valence-corrected chi connectivity index (χ3v) is 5.01. The van der Waals surface area contributed by atoms with Crippen molar-refractivity contribution >= 4 is 16.9 Å². The maximum atomic E-state index is 13.3. The fourth-order valence-corrected chi connectivity index (χ4v) is 3.29. The van der Waals surface area contributed by atoms with E-state index in [1.807, 2.05) is 39.8 Å². The van der Waals surface area contributed by atoms with Crippen LogP contribution in [-0.4, -0.2) is 25.7 Å². The van der Waals surface area contributed by atoms with Crippen molar-refractivity contribution in [3.63, 3.8) is 0 Å². The Morgan fingerprint density at radius 2 is 1.87 bits per heavy atom. The Morgan fingerprint density at radius 3 is 2.50 bits per heavy atom. The maximum absolute atomic E-state index is 13.3. The van der Waals surface area contributed by atoms with Crippen molar-refractivity contribution in [2.45, 2.75) is 40.2 Å². The van der Waals surface area contributed by atoms with E-state index in [1.54, 1.807) is 31.4 Å². The molecule has 0 spiro atoms. The van der Waals surface area contributed by atoms with E-state index in [0.717, 1.165) is 17.5 Å². The van der Waals surface area contributed by atoms with Gasteiger partial charge in [0.25, 0.3) is 5.91 Å². The molecule has 158 valence electrons. The molecule has 0 aliphatic carbocycles. The van der Waals surface area contributed by atoms with Crippen molar-refractivity contribution in [3.05, 3.63) is 57.7 Å². The van der Waals surface area contributed by atoms with Crippen LogP contribution < -0.4 is 20.2 Å². The van der Waals surface area contributed by atoms with Gasteiger partial charge >= 0.3 is 0 Å². The van der Waals surface area contributed by atoms with Crippen LogP contribution in [0.5, 0.6) is 11.5 Å². The molecule has 6 nitrogen and oxygen atoms in total. The molecule has 0 aliphatic rings. The average Bonchev–Trinajstić information content (AvgIpc) is 2.72. The number of benzene rings is 2. The van der Waals surface area contributed by atoms with Gasteiger partial charge in [-0.3, -0.25) is 9.59 Å². The molecular formula is C24H27NO5. The third-order valence-electron chi connectivity index (χ3n) is 5.01. The monoisotopic (exact) mass is 409 g/mol. The summed E-state index contributed by atoms with van der Waals surface area (Å²) in [5.74, 6) is 0.713. The fourth-order valence-electron chi connectivity index (χ4n) is 3.29. The van der Waals surface area contributed by atoms with Gasteiger partial charge in [0.15, 0.2) is 12.4 Å². The zero-order valence-corrected chi connectivity index (χ0v) is 18.0. The van der Waals surface area contributed by atoms with E-state index >= 15 is 0 Å². The highest BCUT2D eigenvalue weighted by atomic mass is 16.5. The van der Waals surface area contributed by atoms with Gasteiger partial charge in [0.1, 0.15) is 11.3 Å². The van der Waals surface area contributed by atoms with E-state index in [4.69, 9.17) is 13.9 Å². The summed E-state index contributed by atoms with van der Waals surface area (Å²) in [5.41, 5.74) is 2.64. The maximum Gasteiger partial charge on any atom is 0.258 e. The number of rotatable bonds is 7. The standard InChI is InChI=1S/C24H27NO5/c1-6-16(4)25-20(26)13-29-24-22(27)21-15(3)11-14(2)12-19(21)30-23(24)17-7-9-18(28-5)10-8-17/h7-12,16H,6,13H2,1-5H3,(H,25,26). The SMILES string of the molecule is CCC(C)NC(=O)COc1c(-c2ccc(OC)cc2)oc2cc(C)cc(C)c2c1=O. The van der Waals surface area contributed by atoms with Crippen LogP contribution in [0.2, 0.25) is 0 Å². The smallest absolute Gasteiger partial charge is 0.258 e. The number of nitrogens with one attached hydrogen (secondary N) is 1. The number of aryl methyl sites for hydroxylation is 2. The number of hydrogen-bond donors (Lipinski definition) is 1. The molecule has 1 aromatic heterocycles. The van der Waals surface area contributed by atoms with Gasteiger partial charge in [-0.1, -0.05) is 13.0 Å². The van der Waals surface area contributed by atoms with Gasteiger partial charge in [-0.2, -0.15) is 0 Å². The van der Waals surface area contributed by atoms with Crippen LogP contribution in [0, 0.1) is 13.8 Å². The van der Waals surface area contributed by atoms with Crippen LogP contribution in [-0.2, 0) is 4.79 Å². The molecule has 2 aromatic carbocycles. The van der Waals surface area contributed by atoms with Crippen LogP contribution in [0.25, 0.3) is 22.3 Å². The summed E-state index contributed by atoms with van der Waals surface area (Å²) in [4.78, 5) is 25.5. The summed E-state index contributed by atoms with van der Waals surface area (Å²) in [6, 6.07) is 10.9. The van der Waals surface area contributed by atoms with Gasteiger partial charge in [-0.15, -0.1) is 0 Å². The first-order valence-corrected chi connectivity index (χ1v) is 9.98. The first kappa shape index (κ1) is 21.4. The van der Waals surface area contributed by atoms with Crippen LogP contribution in [0.15, 0.2) is 45.6 Å². The Labute approximate surface area is 175 Å². The largest absolute Gasteiger partial charge is 0.497 e. The number of hydrogen-bond acceptors (Lipinski definition) is 5. The fraction of sp³-hybridized carbons (Fsp3) is 0.333. The van der Waals surface area contributed by atoms with Gasteiger partial charge in [-0.25, -0.2) is 0 Å². The summed E-state index contributed by atoms with van der Waals surface area (Å²) in [7, 11) is 1.58. The van der Waals surface area contributed by atoms with Gasteiger partial charge < -0.3 is 19.2 Å². The molecule has 0 fully saturated rings. The lowest BCUT2D eigenvalue weighted by atomic mass is 10.0. The lowest BCUT2D eigenvalue weighted by molar-refractivity contribution is -0.123. The lowest BCUT2D eigenvalue weighted by Gasteiger charge is -2.15. The summed E-state index contributed by atoms with van der Waals surface area (Å²) in [6.07, 6.45) is 0.805. The average molecular weight is 409 g/mol. The zero-order chi connectivity index (χ0) is 21.8. The Morgan fingerprint density at radius 1 is 1.17 bits per heavy atom. The van der Waals surface area contributed by atoms with Gasteiger partial charge in [-0.05, 0) is 68.7 Å². The van der Waals surface area contributed by atoms with Crippen LogP contribution in [0.4, 0.5) is 0 Å². The molecule has 6 heteroatoms. The van der Waals surface area contributed by atoms with Gasteiger partial charge in [0, 0.05) is 11.6 Å².